The molecule has 5 N–H and O–H groups in total. The summed E-state index contributed by atoms with van der Waals surface area (Å²) in [7, 11) is 0. The molecule has 260 valence electrons. The monoisotopic (exact) mass is 632 g/mol. The third-order valence-electron chi connectivity index (χ3n) is 8.01. The molecule has 0 unspecified atom stereocenters. The molecule has 0 bridgehead atoms. The second-order valence-corrected chi connectivity index (χ2v) is 12.2. The van der Waals surface area contributed by atoms with Gasteiger partial charge in [-0.3, -0.25) is 14.4 Å². The second kappa shape index (κ2) is 29.9. The molecular formula is C34H64O10. The van der Waals surface area contributed by atoms with E-state index in [0.29, 0.717) is 19.3 Å². The van der Waals surface area contributed by atoms with E-state index < -0.39 is 55.5 Å². The number of carboxylic acids is 1. The summed E-state index contributed by atoms with van der Waals surface area (Å²) in [5.41, 5.74) is 0. The Hall–Kier alpha value is -1.75. The Balaban J connectivity index is 4.02. The first-order valence-electron chi connectivity index (χ1n) is 17.4. The first-order chi connectivity index (χ1) is 21.2. The molecule has 0 radical (unpaired) electrons. The highest BCUT2D eigenvalue weighted by Gasteiger charge is 2.34. The number of carbonyl (C=O) groups excluding carboxylic acids is 2. The van der Waals surface area contributed by atoms with E-state index in [4.69, 9.17) is 19.7 Å². The number of aliphatic hydroxyl groups is 4. The number of aliphatic carboxylic acids is 1. The first kappa shape index (κ1) is 42.2. The SMILES string of the molecule is CCCCCCCCCCCCCCCCCCCCCC(=O)O[C@@H](COC(=O)CCCCC(=O)O)[C@@H](O)[C@H](O)[C@H](O)CO. The number of hydrogen-bond donors (Lipinski definition) is 5. The number of unbranched alkanes of at least 4 members (excludes halogenated alkanes) is 19. The largest absolute Gasteiger partial charge is 0.481 e. The normalized spacial score (nSPS) is 14.1. The Morgan fingerprint density at radius 3 is 1.36 bits per heavy atom. The van der Waals surface area contributed by atoms with Gasteiger partial charge in [-0.25, -0.2) is 0 Å². The van der Waals surface area contributed by atoms with Crippen LogP contribution >= 0.6 is 0 Å². The summed E-state index contributed by atoms with van der Waals surface area (Å²) in [4.78, 5) is 34.9. The topological polar surface area (TPSA) is 171 Å². The molecule has 0 aromatic carbocycles. The molecule has 0 amide bonds. The van der Waals surface area contributed by atoms with E-state index >= 15 is 0 Å². The number of ether oxygens (including phenoxy) is 2. The summed E-state index contributed by atoms with van der Waals surface area (Å²) in [6, 6.07) is 0. The van der Waals surface area contributed by atoms with Crippen LogP contribution in [0.3, 0.4) is 0 Å². The van der Waals surface area contributed by atoms with Gasteiger partial charge in [0, 0.05) is 19.3 Å². The third-order valence-corrected chi connectivity index (χ3v) is 8.01. The molecule has 0 aliphatic rings. The lowest BCUT2D eigenvalue weighted by atomic mass is 10.0. The Kier molecular flexibility index (Phi) is 28.7. The fourth-order valence-electron chi connectivity index (χ4n) is 5.13. The quantitative estimate of drug-likeness (QED) is 0.0439. The number of hydrogen-bond acceptors (Lipinski definition) is 9. The molecule has 0 aliphatic carbocycles. The number of esters is 2. The summed E-state index contributed by atoms with van der Waals surface area (Å²) in [5, 5.41) is 47.9. The molecule has 0 saturated heterocycles. The van der Waals surface area contributed by atoms with Crippen LogP contribution in [0.25, 0.3) is 0 Å². The maximum absolute atomic E-state index is 12.4. The average Bonchev–Trinajstić information content (AvgIpc) is 3.01. The molecule has 0 aromatic heterocycles. The predicted octanol–water partition coefficient (Wildman–Crippen LogP) is 5.98. The zero-order chi connectivity index (χ0) is 32.8. The van der Waals surface area contributed by atoms with Gasteiger partial charge in [-0.1, -0.05) is 122 Å². The van der Waals surface area contributed by atoms with Gasteiger partial charge in [-0.15, -0.1) is 0 Å². The van der Waals surface area contributed by atoms with Crippen molar-refractivity contribution >= 4 is 17.9 Å². The van der Waals surface area contributed by atoms with Crippen LogP contribution in [0.4, 0.5) is 0 Å². The van der Waals surface area contributed by atoms with E-state index in [1.165, 1.54) is 96.3 Å². The molecular weight excluding hydrogens is 568 g/mol. The summed E-state index contributed by atoms with van der Waals surface area (Å²) in [6.07, 6.45) is 17.6. The van der Waals surface area contributed by atoms with Crippen molar-refractivity contribution in [2.75, 3.05) is 13.2 Å². The van der Waals surface area contributed by atoms with Gasteiger partial charge in [-0.05, 0) is 19.3 Å². The Labute approximate surface area is 265 Å². The van der Waals surface area contributed by atoms with Crippen LogP contribution in [0.2, 0.25) is 0 Å². The van der Waals surface area contributed by atoms with Crippen molar-refractivity contribution in [1.82, 2.24) is 0 Å². The summed E-state index contributed by atoms with van der Waals surface area (Å²) in [5.74, 6) is -2.25. The fourth-order valence-corrected chi connectivity index (χ4v) is 5.13. The standard InChI is InChI=1S/C34H64O10/c1-2-3-4-5-6-7-8-9-10-11-12-13-14-15-16-17-18-19-20-25-32(40)44-29(34(42)33(41)28(36)26-35)27-43-31(39)24-22-21-23-30(37)38/h28-29,33-36,41-42H,2-27H2,1H3,(H,37,38)/t28-,29+,33-,34-/m1/s1. The highest BCUT2D eigenvalue weighted by Crippen LogP contribution is 2.16. The lowest BCUT2D eigenvalue weighted by molar-refractivity contribution is -0.178. The highest BCUT2D eigenvalue weighted by molar-refractivity contribution is 5.70. The number of carbonyl (C=O) groups is 3. The Morgan fingerprint density at radius 2 is 0.932 bits per heavy atom. The summed E-state index contributed by atoms with van der Waals surface area (Å²) in [6.45, 7) is 0.898. The van der Waals surface area contributed by atoms with Crippen LogP contribution < -0.4 is 0 Å². The Bertz CT molecular complexity index is 702. The third kappa shape index (κ3) is 25.6. The van der Waals surface area contributed by atoms with E-state index in [9.17, 15) is 29.7 Å². The molecule has 0 heterocycles. The minimum absolute atomic E-state index is 0.0504. The van der Waals surface area contributed by atoms with E-state index in [2.05, 4.69) is 6.92 Å². The number of aliphatic hydroxyl groups excluding tert-OH is 4. The number of carboxylic acid groups (broad SMARTS) is 1. The number of rotatable bonds is 32. The summed E-state index contributed by atoms with van der Waals surface area (Å²) >= 11 is 0. The van der Waals surface area contributed by atoms with Crippen molar-refractivity contribution in [3.8, 4) is 0 Å². The van der Waals surface area contributed by atoms with Gasteiger partial charge in [0.25, 0.3) is 0 Å². The molecule has 0 spiro atoms. The van der Waals surface area contributed by atoms with Gasteiger partial charge in [0.15, 0.2) is 6.10 Å². The Morgan fingerprint density at radius 1 is 0.545 bits per heavy atom. The van der Waals surface area contributed by atoms with Gasteiger partial charge in [0.2, 0.25) is 0 Å². The van der Waals surface area contributed by atoms with E-state index in [-0.39, 0.29) is 19.3 Å². The fraction of sp³-hybridized carbons (Fsp3) is 0.912. The van der Waals surface area contributed by atoms with Crippen molar-refractivity contribution in [3.63, 3.8) is 0 Å². The van der Waals surface area contributed by atoms with Crippen molar-refractivity contribution in [3.05, 3.63) is 0 Å². The molecule has 44 heavy (non-hydrogen) atoms. The van der Waals surface area contributed by atoms with Crippen molar-refractivity contribution in [2.45, 2.75) is 185 Å². The maximum atomic E-state index is 12.4. The lowest BCUT2D eigenvalue weighted by Gasteiger charge is -2.28. The van der Waals surface area contributed by atoms with Gasteiger partial charge in [0.05, 0.1) is 6.61 Å². The lowest BCUT2D eigenvalue weighted by Crippen LogP contribution is -2.49. The first-order valence-corrected chi connectivity index (χ1v) is 17.4. The smallest absolute Gasteiger partial charge is 0.306 e. The molecule has 10 heteroatoms. The van der Waals surface area contributed by atoms with Crippen molar-refractivity contribution < 1.29 is 49.4 Å². The molecule has 0 saturated carbocycles. The van der Waals surface area contributed by atoms with E-state index in [0.717, 1.165) is 19.3 Å². The molecule has 0 fully saturated rings. The van der Waals surface area contributed by atoms with Crippen molar-refractivity contribution in [1.29, 1.82) is 0 Å². The van der Waals surface area contributed by atoms with Gasteiger partial charge in [0.1, 0.15) is 24.9 Å². The van der Waals surface area contributed by atoms with Crippen LogP contribution in [-0.2, 0) is 23.9 Å². The van der Waals surface area contributed by atoms with Crippen LogP contribution in [0, 0.1) is 0 Å². The van der Waals surface area contributed by atoms with Gasteiger partial charge in [-0.2, -0.15) is 0 Å². The van der Waals surface area contributed by atoms with Crippen LogP contribution in [0.5, 0.6) is 0 Å². The minimum Gasteiger partial charge on any atom is -0.481 e. The van der Waals surface area contributed by atoms with Gasteiger partial charge < -0.3 is 35.0 Å². The highest BCUT2D eigenvalue weighted by atomic mass is 16.6. The summed E-state index contributed by atoms with van der Waals surface area (Å²) < 4.78 is 10.3. The van der Waals surface area contributed by atoms with Crippen molar-refractivity contribution in [2.24, 2.45) is 0 Å². The molecule has 0 aliphatic heterocycles. The van der Waals surface area contributed by atoms with Crippen LogP contribution in [0.15, 0.2) is 0 Å². The average molecular weight is 633 g/mol. The van der Waals surface area contributed by atoms with Crippen LogP contribution in [0.1, 0.15) is 161 Å². The predicted molar refractivity (Wildman–Crippen MR) is 170 cm³/mol. The van der Waals surface area contributed by atoms with Crippen LogP contribution in [-0.4, -0.2) is 81.1 Å². The van der Waals surface area contributed by atoms with E-state index in [1.54, 1.807) is 0 Å². The zero-order valence-corrected chi connectivity index (χ0v) is 27.5. The zero-order valence-electron chi connectivity index (χ0n) is 27.5. The van der Waals surface area contributed by atoms with E-state index in [1.807, 2.05) is 0 Å². The molecule has 10 nitrogen and oxygen atoms in total. The molecule has 4 atom stereocenters. The second-order valence-electron chi connectivity index (χ2n) is 12.2. The molecule has 0 rings (SSSR count). The maximum Gasteiger partial charge on any atom is 0.306 e. The molecule has 0 aromatic rings. The minimum atomic E-state index is -1.82. The van der Waals surface area contributed by atoms with Gasteiger partial charge >= 0.3 is 17.9 Å².